The second-order valence-corrected chi connectivity index (χ2v) is 6.23. The van der Waals surface area contributed by atoms with Crippen molar-refractivity contribution in [3.63, 3.8) is 0 Å². The third-order valence-electron chi connectivity index (χ3n) is 4.13. The molecule has 0 aliphatic carbocycles. The number of hydrogen-bond acceptors (Lipinski definition) is 6. The number of carbonyl (C=O) groups excluding carboxylic acids is 2. The molecule has 0 bridgehead atoms. The van der Waals surface area contributed by atoms with E-state index in [-0.39, 0.29) is 11.1 Å². The second kappa shape index (κ2) is 8.01. The van der Waals surface area contributed by atoms with Crippen molar-refractivity contribution in [2.45, 2.75) is 25.6 Å². The molecule has 0 aliphatic heterocycles. The van der Waals surface area contributed by atoms with Gasteiger partial charge < -0.3 is 20.1 Å². The second-order valence-electron chi connectivity index (χ2n) is 6.23. The van der Waals surface area contributed by atoms with Gasteiger partial charge in [-0.05, 0) is 26.0 Å². The fraction of sp³-hybridized carbons (Fsp3) is 0.200. The summed E-state index contributed by atoms with van der Waals surface area (Å²) in [5, 5.41) is 28.9. The van der Waals surface area contributed by atoms with E-state index in [1.807, 2.05) is 0 Å². The topological polar surface area (TPSA) is 138 Å². The smallest absolute Gasteiger partial charge is 0.360 e. The van der Waals surface area contributed by atoms with Crippen LogP contribution in [0.2, 0.25) is 0 Å². The van der Waals surface area contributed by atoms with Crippen molar-refractivity contribution in [1.29, 1.82) is 0 Å². The molecule has 3 N–H and O–H groups in total. The van der Waals surface area contributed by atoms with Crippen molar-refractivity contribution in [1.82, 2.24) is 0 Å². The molecule has 2 aromatic carbocycles. The number of ether oxygens (including phenoxy) is 1. The first-order chi connectivity index (χ1) is 13.1. The van der Waals surface area contributed by atoms with Crippen LogP contribution in [0.5, 0.6) is 0 Å². The Hall–Kier alpha value is -3.52. The molecule has 0 spiro atoms. The van der Waals surface area contributed by atoms with E-state index >= 15 is 0 Å². The summed E-state index contributed by atoms with van der Waals surface area (Å²) in [6.45, 7) is 3.48. The lowest BCUT2D eigenvalue weighted by Gasteiger charge is -2.30. The van der Waals surface area contributed by atoms with Gasteiger partial charge in [0, 0.05) is 5.56 Å². The first-order valence-corrected chi connectivity index (χ1v) is 8.15. The number of esters is 1. The van der Waals surface area contributed by atoms with E-state index < -0.39 is 35.4 Å². The van der Waals surface area contributed by atoms with Gasteiger partial charge >= 0.3 is 23.5 Å². The van der Waals surface area contributed by atoms with Crippen molar-refractivity contribution in [2.75, 3.05) is 0 Å². The van der Waals surface area contributed by atoms with Gasteiger partial charge in [-0.3, -0.25) is 4.79 Å². The fourth-order valence-electron chi connectivity index (χ4n) is 2.47. The predicted octanol–water partition coefficient (Wildman–Crippen LogP) is 1.61. The van der Waals surface area contributed by atoms with Crippen molar-refractivity contribution in [3.8, 4) is 0 Å². The lowest BCUT2D eigenvalue weighted by molar-refractivity contribution is -0.176. The van der Waals surface area contributed by atoms with Gasteiger partial charge in [0.25, 0.3) is 0 Å². The average Bonchev–Trinajstić information content (AvgIpc) is 2.65. The lowest BCUT2D eigenvalue weighted by atomic mass is 9.86. The Balaban J connectivity index is 2.56. The Morgan fingerprint density at radius 1 is 0.821 bits per heavy atom. The van der Waals surface area contributed by atoms with Crippen LogP contribution in [-0.2, 0) is 14.3 Å². The number of ketones is 1. The Labute approximate surface area is 160 Å². The number of aryl methyl sites for hydroxylation is 2. The van der Waals surface area contributed by atoms with Crippen LogP contribution in [0.4, 0.5) is 0 Å². The van der Waals surface area contributed by atoms with Crippen molar-refractivity contribution in [2.24, 2.45) is 0 Å². The van der Waals surface area contributed by atoms with Gasteiger partial charge in [-0.25, -0.2) is 14.4 Å². The SMILES string of the molecule is Cc1ccc(C(=O)OC(C(=O)O)(C(=O)c2ccc(C)cc2)C(O)C(=O)O)cc1. The zero-order chi connectivity index (χ0) is 21.1. The highest BCUT2D eigenvalue weighted by molar-refractivity contribution is 6.19. The third-order valence-corrected chi connectivity index (χ3v) is 4.13. The number of Topliss-reactive ketones (excluding diaryl/α,β-unsaturated/α-hetero) is 1. The molecule has 0 aromatic heterocycles. The summed E-state index contributed by atoms with van der Waals surface area (Å²) in [7, 11) is 0. The number of carbonyl (C=O) groups is 4. The van der Waals surface area contributed by atoms with Crippen LogP contribution in [0.3, 0.4) is 0 Å². The molecule has 8 heteroatoms. The number of aliphatic hydroxyl groups is 1. The molecule has 2 rings (SSSR count). The van der Waals surface area contributed by atoms with Crippen LogP contribution in [0.25, 0.3) is 0 Å². The standard InChI is InChI=1S/C20H18O8/c1-11-3-7-13(8-4-11)15(21)20(19(26)27,16(22)17(23)24)28-18(25)14-9-5-12(2)6-10-14/h3-10,16,22H,1-2H3,(H,23,24)(H,26,27). The summed E-state index contributed by atoms with van der Waals surface area (Å²) in [6.07, 6.45) is -2.83. The molecule has 28 heavy (non-hydrogen) atoms. The van der Waals surface area contributed by atoms with E-state index in [4.69, 9.17) is 9.84 Å². The Morgan fingerprint density at radius 3 is 1.64 bits per heavy atom. The number of benzene rings is 2. The quantitative estimate of drug-likeness (QED) is 0.371. The zero-order valence-electron chi connectivity index (χ0n) is 15.1. The van der Waals surface area contributed by atoms with Crippen LogP contribution < -0.4 is 0 Å². The molecule has 2 atom stereocenters. The Bertz CT molecular complexity index is 914. The van der Waals surface area contributed by atoms with Crippen molar-refractivity contribution < 1.29 is 39.2 Å². The minimum Gasteiger partial charge on any atom is -0.479 e. The van der Waals surface area contributed by atoms with Gasteiger partial charge in [-0.1, -0.05) is 47.5 Å². The third kappa shape index (κ3) is 3.91. The maximum Gasteiger partial charge on any atom is 0.360 e. The van der Waals surface area contributed by atoms with E-state index in [1.54, 1.807) is 26.0 Å². The monoisotopic (exact) mass is 386 g/mol. The van der Waals surface area contributed by atoms with Gasteiger partial charge in [-0.15, -0.1) is 0 Å². The zero-order valence-corrected chi connectivity index (χ0v) is 15.1. The van der Waals surface area contributed by atoms with E-state index in [2.05, 4.69) is 0 Å². The van der Waals surface area contributed by atoms with Gasteiger partial charge in [0.15, 0.2) is 0 Å². The molecule has 0 fully saturated rings. The number of carboxylic acid groups (broad SMARTS) is 2. The van der Waals surface area contributed by atoms with E-state index in [1.165, 1.54) is 36.4 Å². The molecule has 0 saturated heterocycles. The minimum absolute atomic E-state index is 0.106. The van der Waals surface area contributed by atoms with E-state index in [0.717, 1.165) is 11.1 Å². The number of carboxylic acids is 2. The van der Waals surface area contributed by atoms with E-state index in [9.17, 15) is 29.4 Å². The Morgan fingerprint density at radius 2 is 1.25 bits per heavy atom. The maximum atomic E-state index is 12.9. The van der Waals surface area contributed by atoms with Crippen LogP contribution >= 0.6 is 0 Å². The summed E-state index contributed by atoms with van der Waals surface area (Å²) >= 11 is 0. The van der Waals surface area contributed by atoms with Crippen LogP contribution in [-0.4, -0.2) is 50.7 Å². The fourth-order valence-corrected chi connectivity index (χ4v) is 2.47. The van der Waals surface area contributed by atoms with Crippen LogP contribution in [0.15, 0.2) is 48.5 Å². The summed E-state index contributed by atoms with van der Waals surface area (Å²) in [6, 6.07) is 11.3. The molecular weight excluding hydrogens is 368 g/mol. The Kier molecular flexibility index (Phi) is 5.95. The first kappa shape index (κ1) is 20.8. The van der Waals surface area contributed by atoms with Crippen molar-refractivity contribution >= 4 is 23.7 Å². The van der Waals surface area contributed by atoms with Gasteiger partial charge in [-0.2, -0.15) is 0 Å². The largest absolute Gasteiger partial charge is 0.479 e. The summed E-state index contributed by atoms with van der Waals surface area (Å²) in [4.78, 5) is 48.7. The molecule has 0 amide bonds. The number of aliphatic hydroxyl groups excluding tert-OH is 1. The van der Waals surface area contributed by atoms with Crippen molar-refractivity contribution in [3.05, 3.63) is 70.8 Å². The van der Waals surface area contributed by atoms with Gasteiger partial charge in [0.1, 0.15) is 0 Å². The number of rotatable bonds is 7. The van der Waals surface area contributed by atoms with E-state index in [0.29, 0.717) is 0 Å². The molecule has 146 valence electrons. The molecule has 0 heterocycles. The average molecular weight is 386 g/mol. The normalized spacial score (nSPS) is 13.8. The predicted molar refractivity (Wildman–Crippen MR) is 96.1 cm³/mol. The van der Waals surface area contributed by atoms with Crippen LogP contribution in [0, 0.1) is 13.8 Å². The highest BCUT2D eigenvalue weighted by atomic mass is 16.6. The highest BCUT2D eigenvalue weighted by Crippen LogP contribution is 2.26. The molecule has 2 unspecified atom stereocenters. The number of hydrogen-bond donors (Lipinski definition) is 3. The highest BCUT2D eigenvalue weighted by Gasteiger charge is 2.59. The molecule has 0 aliphatic rings. The van der Waals surface area contributed by atoms with Crippen LogP contribution in [0.1, 0.15) is 31.8 Å². The maximum absolute atomic E-state index is 12.9. The summed E-state index contributed by atoms with van der Waals surface area (Å²) in [5.41, 5.74) is -2.13. The minimum atomic E-state index is -3.36. The molecular formula is C20H18O8. The lowest BCUT2D eigenvalue weighted by Crippen LogP contribution is -2.61. The summed E-state index contributed by atoms with van der Waals surface area (Å²) < 4.78 is 4.88. The molecule has 2 aromatic rings. The molecule has 0 saturated carbocycles. The molecule has 8 nitrogen and oxygen atoms in total. The van der Waals surface area contributed by atoms with Gasteiger partial charge in [0.05, 0.1) is 5.56 Å². The van der Waals surface area contributed by atoms with Gasteiger partial charge in [0.2, 0.25) is 11.9 Å². The first-order valence-electron chi connectivity index (χ1n) is 8.15. The number of aliphatic carboxylic acids is 2. The molecule has 0 radical (unpaired) electrons. The summed E-state index contributed by atoms with van der Waals surface area (Å²) in [5.74, 6) is -6.76.